The van der Waals surface area contributed by atoms with Gasteiger partial charge in [0.15, 0.2) is 6.61 Å². The zero-order chi connectivity index (χ0) is 21.6. The molecule has 6 nitrogen and oxygen atoms in total. The summed E-state index contributed by atoms with van der Waals surface area (Å²) in [5.41, 5.74) is 1.03. The molecule has 1 atom stereocenters. The molecule has 0 saturated heterocycles. The van der Waals surface area contributed by atoms with E-state index >= 15 is 0 Å². The molecule has 0 aliphatic rings. The maximum atomic E-state index is 12.3. The number of amides is 1. The van der Waals surface area contributed by atoms with E-state index in [1.54, 1.807) is 12.1 Å². The third-order valence-electron chi connectivity index (χ3n) is 4.83. The van der Waals surface area contributed by atoms with Crippen LogP contribution in [0.1, 0.15) is 25.8 Å². The first kappa shape index (κ1) is 21.8. The van der Waals surface area contributed by atoms with Crippen LogP contribution in [-0.4, -0.2) is 27.0 Å². The molecule has 0 radical (unpaired) electrons. The zero-order valence-electron chi connectivity index (χ0n) is 17.1. The summed E-state index contributed by atoms with van der Waals surface area (Å²) in [6.07, 6.45) is 0.703. The lowest BCUT2D eigenvalue weighted by atomic mass is 10.0. The van der Waals surface area contributed by atoms with Gasteiger partial charge in [-0.2, -0.15) is 0 Å². The highest BCUT2D eigenvalue weighted by Crippen LogP contribution is 2.19. The third kappa shape index (κ3) is 5.58. The molecule has 158 valence electrons. The summed E-state index contributed by atoms with van der Waals surface area (Å²) in [6, 6.07) is 19.9. The van der Waals surface area contributed by atoms with Crippen molar-refractivity contribution >= 4 is 26.7 Å². The van der Waals surface area contributed by atoms with Crippen LogP contribution < -0.4 is 14.8 Å². The molecule has 7 heteroatoms. The van der Waals surface area contributed by atoms with Crippen molar-refractivity contribution < 1.29 is 17.9 Å². The fourth-order valence-corrected chi connectivity index (χ4v) is 4.30. The van der Waals surface area contributed by atoms with Gasteiger partial charge in [-0.25, -0.2) is 13.1 Å². The molecule has 3 rings (SSSR count). The largest absolute Gasteiger partial charge is 0.484 e. The first-order valence-electron chi connectivity index (χ1n) is 9.87. The van der Waals surface area contributed by atoms with Gasteiger partial charge < -0.3 is 10.1 Å². The number of hydrogen-bond donors (Lipinski definition) is 2. The fraction of sp³-hybridized carbons (Fsp3) is 0.261. The quantitative estimate of drug-likeness (QED) is 0.547. The van der Waals surface area contributed by atoms with E-state index in [0.29, 0.717) is 18.7 Å². The van der Waals surface area contributed by atoms with Crippen LogP contribution in [0.25, 0.3) is 10.8 Å². The average molecular weight is 427 g/mol. The van der Waals surface area contributed by atoms with E-state index in [9.17, 15) is 13.2 Å². The van der Waals surface area contributed by atoms with Crippen LogP contribution in [0.5, 0.6) is 5.75 Å². The van der Waals surface area contributed by atoms with Crippen LogP contribution in [0, 0.1) is 0 Å². The first-order chi connectivity index (χ1) is 14.4. The standard InChI is InChI=1S/C23H26N2O4S/c1-3-17(2)25-30(27,28)21-13-11-20(12-14-21)29-16-23(26)24-15-19-9-6-8-18-7-4-5-10-22(18)19/h4-14,17,25H,3,15-16H2,1-2H3,(H,24,26)/t17-/m0/s1. The summed E-state index contributed by atoms with van der Waals surface area (Å²) >= 11 is 0. The number of ether oxygens (including phenoxy) is 1. The normalized spacial score (nSPS) is 12.5. The van der Waals surface area contributed by atoms with Gasteiger partial charge in [0.1, 0.15) is 5.75 Å². The van der Waals surface area contributed by atoms with Crippen LogP contribution in [0.3, 0.4) is 0 Å². The smallest absolute Gasteiger partial charge is 0.258 e. The molecule has 2 N–H and O–H groups in total. The monoisotopic (exact) mass is 426 g/mol. The second kappa shape index (κ2) is 9.73. The van der Waals surface area contributed by atoms with Crippen LogP contribution in [0.15, 0.2) is 71.6 Å². The maximum absolute atomic E-state index is 12.3. The van der Waals surface area contributed by atoms with Crippen LogP contribution in [0.2, 0.25) is 0 Å². The molecule has 0 aliphatic heterocycles. The van der Waals surface area contributed by atoms with Crippen molar-refractivity contribution in [2.75, 3.05) is 6.61 Å². The second-order valence-corrected chi connectivity index (χ2v) is 8.82. The van der Waals surface area contributed by atoms with E-state index in [0.717, 1.165) is 16.3 Å². The van der Waals surface area contributed by atoms with Gasteiger partial charge in [-0.05, 0) is 53.9 Å². The van der Waals surface area contributed by atoms with Gasteiger partial charge >= 0.3 is 0 Å². The molecule has 3 aromatic carbocycles. The zero-order valence-corrected chi connectivity index (χ0v) is 17.9. The van der Waals surface area contributed by atoms with Crippen LogP contribution in [0.4, 0.5) is 0 Å². The van der Waals surface area contributed by atoms with Gasteiger partial charge in [0.25, 0.3) is 5.91 Å². The van der Waals surface area contributed by atoms with Crippen molar-refractivity contribution in [3.63, 3.8) is 0 Å². The molecule has 3 aromatic rings. The Balaban J connectivity index is 1.53. The molecule has 0 fully saturated rings. The molecule has 0 saturated carbocycles. The third-order valence-corrected chi connectivity index (χ3v) is 6.43. The molecule has 0 aromatic heterocycles. The molecule has 0 bridgehead atoms. The highest BCUT2D eigenvalue weighted by atomic mass is 32.2. The number of hydrogen-bond acceptors (Lipinski definition) is 4. The molecule has 30 heavy (non-hydrogen) atoms. The Morgan fingerprint density at radius 3 is 2.43 bits per heavy atom. The van der Waals surface area contributed by atoms with Crippen molar-refractivity contribution in [3.8, 4) is 5.75 Å². The summed E-state index contributed by atoms with van der Waals surface area (Å²) in [5.74, 6) is 0.177. The molecule has 0 spiro atoms. The predicted octanol–water partition coefficient (Wildman–Crippen LogP) is 3.61. The van der Waals surface area contributed by atoms with Crippen LogP contribution in [-0.2, 0) is 21.4 Å². The van der Waals surface area contributed by atoms with E-state index in [1.807, 2.05) is 56.3 Å². The van der Waals surface area contributed by atoms with Gasteiger partial charge in [-0.3, -0.25) is 4.79 Å². The highest BCUT2D eigenvalue weighted by molar-refractivity contribution is 7.89. The number of fused-ring (bicyclic) bond motifs is 1. The van der Waals surface area contributed by atoms with Crippen molar-refractivity contribution in [1.29, 1.82) is 0 Å². The SMILES string of the molecule is CC[C@H](C)NS(=O)(=O)c1ccc(OCC(=O)NCc2cccc3ccccc23)cc1. The number of benzene rings is 3. The Hall–Kier alpha value is -2.90. The fourth-order valence-electron chi connectivity index (χ4n) is 2.97. The summed E-state index contributed by atoms with van der Waals surface area (Å²) in [7, 11) is -3.56. The lowest BCUT2D eigenvalue weighted by Crippen LogP contribution is -2.32. The lowest BCUT2D eigenvalue weighted by molar-refractivity contribution is -0.123. The minimum absolute atomic E-state index is 0.142. The number of rotatable bonds is 9. The molecule has 0 unspecified atom stereocenters. The molecular formula is C23H26N2O4S. The number of sulfonamides is 1. The Kier molecular flexibility index (Phi) is 7.07. The summed E-state index contributed by atoms with van der Waals surface area (Å²) in [5, 5.41) is 5.08. The number of nitrogens with one attached hydrogen (secondary N) is 2. The predicted molar refractivity (Wildman–Crippen MR) is 118 cm³/mol. The second-order valence-electron chi connectivity index (χ2n) is 7.11. The topological polar surface area (TPSA) is 84.5 Å². The molecule has 0 heterocycles. The summed E-state index contributed by atoms with van der Waals surface area (Å²) in [6.45, 7) is 3.98. The van der Waals surface area contributed by atoms with Crippen molar-refractivity contribution in [1.82, 2.24) is 10.0 Å². The Morgan fingerprint density at radius 2 is 1.70 bits per heavy atom. The van der Waals surface area contributed by atoms with E-state index in [1.165, 1.54) is 12.1 Å². The highest BCUT2D eigenvalue weighted by Gasteiger charge is 2.16. The van der Waals surface area contributed by atoms with E-state index in [2.05, 4.69) is 10.0 Å². The first-order valence-corrected chi connectivity index (χ1v) is 11.4. The summed E-state index contributed by atoms with van der Waals surface area (Å²) in [4.78, 5) is 12.3. The van der Waals surface area contributed by atoms with Crippen LogP contribution >= 0.6 is 0 Å². The Morgan fingerprint density at radius 1 is 1.00 bits per heavy atom. The van der Waals surface area contributed by atoms with E-state index < -0.39 is 10.0 Å². The summed E-state index contributed by atoms with van der Waals surface area (Å²) < 4.78 is 32.6. The van der Waals surface area contributed by atoms with Gasteiger partial charge in [0, 0.05) is 12.6 Å². The molecule has 0 aliphatic carbocycles. The number of carbonyl (C=O) groups is 1. The minimum atomic E-state index is -3.56. The molecule has 1 amide bonds. The van der Waals surface area contributed by atoms with E-state index in [-0.39, 0.29) is 23.5 Å². The van der Waals surface area contributed by atoms with Gasteiger partial charge in [0.05, 0.1) is 4.90 Å². The van der Waals surface area contributed by atoms with Gasteiger partial charge in [-0.15, -0.1) is 0 Å². The van der Waals surface area contributed by atoms with Gasteiger partial charge in [-0.1, -0.05) is 49.4 Å². The van der Waals surface area contributed by atoms with E-state index in [4.69, 9.17) is 4.74 Å². The van der Waals surface area contributed by atoms with Gasteiger partial charge in [0.2, 0.25) is 10.0 Å². The van der Waals surface area contributed by atoms with Crippen molar-refractivity contribution in [3.05, 3.63) is 72.3 Å². The maximum Gasteiger partial charge on any atom is 0.258 e. The Labute approximate surface area is 177 Å². The van der Waals surface area contributed by atoms with Crippen molar-refractivity contribution in [2.45, 2.75) is 37.8 Å². The number of carbonyl (C=O) groups excluding carboxylic acids is 1. The average Bonchev–Trinajstić information content (AvgIpc) is 2.76. The minimum Gasteiger partial charge on any atom is -0.484 e. The van der Waals surface area contributed by atoms with Crippen molar-refractivity contribution in [2.24, 2.45) is 0 Å². The Bertz CT molecular complexity index is 1110. The molecular weight excluding hydrogens is 400 g/mol. The lowest BCUT2D eigenvalue weighted by Gasteiger charge is -2.13.